The molecule has 0 aliphatic carbocycles. The summed E-state index contributed by atoms with van der Waals surface area (Å²) in [5.41, 5.74) is 2.06. The quantitative estimate of drug-likeness (QED) is 0.545. The van der Waals surface area contributed by atoms with Crippen LogP contribution in [0.2, 0.25) is 0 Å². The molecule has 0 fully saturated rings. The lowest BCUT2D eigenvalue weighted by Crippen LogP contribution is -2.33. The zero-order chi connectivity index (χ0) is 14.4. The minimum Gasteiger partial charge on any atom is -0.349 e. The lowest BCUT2D eigenvalue weighted by molar-refractivity contribution is 0.0933. The predicted octanol–water partition coefficient (Wildman–Crippen LogP) is 2.06. The molecule has 0 spiro atoms. The van der Waals surface area contributed by atoms with Gasteiger partial charge < -0.3 is 10.7 Å². The van der Waals surface area contributed by atoms with E-state index in [0.717, 1.165) is 12.8 Å². The van der Waals surface area contributed by atoms with E-state index < -0.39 is 11.7 Å². The van der Waals surface area contributed by atoms with Gasteiger partial charge in [-0.1, -0.05) is 13.8 Å². The highest BCUT2D eigenvalue weighted by Crippen LogP contribution is 2.14. The number of halogens is 1. The third-order valence-corrected chi connectivity index (χ3v) is 2.83. The van der Waals surface area contributed by atoms with Gasteiger partial charge in [0.25, 0.3) is 5.91 Å². The van der Waals surface area contributed by atoms with Crippen molar-refractivity contribution in [3.8, 4) is 0 Å². The van der Waals surface area contributed by atoms with E-state index in [2.05, 4.69) is 29.6 Å². The van der Waals surface area contributed by atoms with E-state index in [1.165, 1.54) is 12.3 Å². The second-order valence-corrected chi connectivity index (χ2v) is 5.01. The maximum atomic E-state index is 13.8. The van der Waals surface area contributed by atoms with Crippen molar-refractivity contribution < 1.29 is 9.18 Å². The third-order valence-electron chi connectivity index (χ3n) is 2.83. The maximum Gasteiger partial charge on any atom is 0.254 e. The van der Waals surface area contributed by atoms with Gasteiger partial charge in [0.15, 0.2) is 11.6 Å². The van der Waals surface area contributed by atoms with Gasteiger partial charge in [-0.15, -0.1) is 0 Å². The Bertz CT molecular complexity index is 437. The summed E-state index contributed by atoms with van der Waals surface area (Å²) in [4.78, 5) is 15.6. The zero-order valence-corrected chi connectivity index (χ0v) is 11.5. The van der Waals surface area contributed by atoms with Crippen LogP contribution in [0, 0.1) is 11.7 Å². The molecule has 0 radical (unpaired) electrons. The lowest BCUT2D eigenvalue weighted by atomic mass is 10.0. The van der Waals surface area contributed by atoms with Crippen LogP contribution in [-0.4, -0.2) is 16.9 Å². The Hall–Kier alpha value is -1.69. The number of carbonyl (C=O) groups is 1. The first-order chi connectivity index (χ1) is 8.95. The molecule has 1 aromatic heterocycles. The Balaban J connectivity index is 2.68. The van der Waals surface area contributed by atoms with E-state index >= 15 is 0 Å². The summed E-state index contributed by atoms with van der Waals surface area (Å²) in [6, 6.07) is 1.33. The summed E-state index contributed by atoms with van der Waals surface area (Å²) in [5.74, 6) is 4.37. The number of nitrogens with one attached hydrogen (secondary N) is 2. The van der Waals surface area contributed by atoms with Crippen molar-refractivity contribution in [1.82, 2.24) is 10.3 Å². The van der Waals surface area contributed by atoms with Crippen LogP contribution >= 0.6 is 0 Å². The molecule has 0 saturated carbocycles. The normalized spacial score (nSPS) is 12.3. The zero-order valence-electron chi connectivity index (χ0n) is 11.5. The molecule has 1 heterocycles. The van der Waals surface area contributed by atoms with Crippen LogP contribution in [-0.2, 0) is 0 Å². The highest BCUT2D eigenvalue weighted by molar-refractivity contribution is 5.95. The summed E-state index contributed by atoms with van der Waals surface area (Å²) >= 11 is 0. The molecule has 106 valence electrons. The number of nitrogens with two attached hydrogens (primary N) is 1. The van der Waals surface area contributed by atoms with Gasteiger partial charge in [-0.3, -0.25) is 4.79 Å². The Morgan fingerprint density at radius 1 is 1.42 bits per heavy atom. The monoisotopic (exact) mass is 268 g/mol. The molecule has 1 amide bonds. The minimum absolute atomic E-state index is 0.00301. The second-order valence-electron chi connectivity index (χ2n) is 5.01. The van der Waals surface area contributed by atoms with Crippen LogP contribution in [0.15, 0.2) is 12.3 Å². The number of nitrogen functional groups attached to an aromatic ring is 1. The van der Waals surface area contributed by atoms with Gasteiger partial charge in [-0.2, -0.15) is 0 Å². The van der Waals surface area contributed by atoms with Crippen LogP contribution in [0.25, 0.3) is 0 Å². The van der Waals surface area contributed by atoms with Gasteiger partial charge in [0, 0.05) is 12.2 Å². The summed E-state index contributed by atoms with van der Waals surface area (Å²) < 4.78 is 13.8. The fraction of sp³-hybridized carbons (Fsp3) is 0.538. The average Bonchev–Trinajstić information content (AvgIpc) is 2.36. The molecule has 0 aromatic carbocycles. The number of carbonyl (C=O) groups excluding carboxylic acids is 1. The highest BCUT2D eigenvalue weighted by Gasteiger charge is 2.17. The molecule has 0 saturated heterocycles. The van der Waals surface area contributed by atoms with Gasteiger partial charge in [-0.05, 0) is 31.7 Å². The number of rotatable bonds is 6. The van der Waals surface area contributed by atoms with E-state index in [-0.39, 0.29) is 17.4 Å². The first kappa shape index (κ1) is 15.4. The van der Waals surface area contributed by atoms with Crippen molar-refractivity contribution in [1.29, 1.82) is 0 Å². The first-order valence-electron chi connectivity index (χ1n) is 6.37. The highest BCUT2D eigenvalue weighted by atomic mass is 19.1. The molecule has 4 N–H and O–H groups in total. The van der Waals surface area contributed by atoms with Gasteiger partial charge in [0.1, 0.15) is 0 Å². The maximum absolute atomic E-state index is 13.8. The number of nitrogens with zero attached hydrogens (tertiary/aromatic N) is 1. The predicted molar refractivity (Wildman–Crippen MR) is 73.0 cm³/mol. The van der Waals surface area contributed by atoms with Crippen LogP contribution in [0.3, 0.4) is 0 Å². The molecule has 6 heteroatoms. The molecule has 1 unspecified atom stereocenters. The van der Waals surface area contributed by atoms with Crippen molar-refractivity contribution in [2.75, 3.05) is 5.43 Å². The van der Waals surface area contributed by atoms with E-state index in [1.807, 2.05) is 6.92 Å². The molecule has 0 aliphatic heterocycles. The number of aromatic nitrogens is 1. The van der Waals surface area contributed by atoms with Gasteiger partial charge in [0.2, 0.25) is 0 Å². The molecule has 5 nitrogen and oxygen atoms in total. The Morgan fingerprint density at radius 2 is 2.11 bits per heavy atom. The fourth-order valence-electron chi connectivity index (χ4n) is 1.68. The molecule has 0 bridgehead atoms. The number of hydrogen-bond acceptors (Lipinski definition) is 4. The molecule has 1 aromatic rings. The van der Waals surface area contributed by atoms with Gasteiger partial charge in [-0.25, -0.2) is 15.2 Å². The summed E-state index contributed by atoms with van der Waals surface area (Å²) in [6.07, 6.45) is 3.21. The summed E-state index contributed by atoms with van der Waals surface area (Å²) in [5, 5.41) is 2.77. The number of hydrogen-bond donors (Lipinski definition) is 3. The SMILES string of the molecule is CC(C)CCC(C)NC(=O)c1ccnc(NN)c1F. The Kier molecular flexibility index (Phi) is 5.69. The van der Waals surface area contributed by atoms with E-state index in [1.54, 1.807) is 0 Å². The largest absolute Gasteiger partial charge is 0.349 e. The van der Waals surface area contributed by atoms with E-state index in [0.29, 0.717) is 5.92 Å². The third kappa shape index (κ3) is 4.48. The van der Waals surface area contributed by atoms with Gasteiger partial charge >= 0.3 is 0 Å². The van der Waals surface area contributed by atoms with Crippen LogP contribution < -0.4 is 16.6 Å². The molecule has 19 heavy (non-hydrogen) atoms. The summed E-state index contributed by atoms with van der Waals surface area (Å²) in [6.45, 7) is 6.15. The molecule has 1 atom stereocenters. The fourth-order valence-corrected chi connectivity index (χ4v) is 1.68. The molecular weight excluding hydrogens is 247 g/mol. The van der Waals surface area contributed by atoms with Crippen LogP contribution in [0.5, 0.6) is 0 Å². The lowest BCUT2D eigenvalue weighted by Gasteiger charge is -2.15. The van der Waals surface area contributed by atoms with Crippen molar-refractivity contribution >= 4 is 11.7 Å². The average molecular weight is 268 g/mol. The molecular formula is C13H21FN4O. The summed E-state index contributed by atoms with van der Waals surface area (Å²) in [7, 11) is 0. The second kappa shape index (κ2) is 7.04. The van der Waals surface area contributed by atoms with Crippen LogP contribution in [0.4, 0.5) is 10.2 Å². The smallest absolute Gasteiger partial charge is 0.254 e. The van der Waals surface area contributed by atoms with Gasteiger partial charge in [0.05, 0.1) is 5.56 Å². The molecule has 0 aliphatic rings. The standard InChI is InChI=1S/C13H21FN4O/c1-8(2)4-5-9(3)17-13(19)10-6-7-16-12(18-15)11(10)14/h6-9H,4-5,15H2,1-3H3,(H,16,18)(H,17,19). The topological polar surface area (TPSA) is 80.0 Å². The number of anilines is 1. The Labute approximate surface area is 112 Å². The first-order valence-corrected chi connectivity index (χ1v) is 6.37. The number of pyridine rings is 1. The Morgan fingerprint density at radius 3 is 2.68 bits per heavy atom. The van der Waals surface area contributed by atoms with Crippen molar-refractivity contribution in [2.24, 2.45) is 11.8 Å². The van der Waals surface area contributed by atoms with E-state index in [4.69, 9.17) is 5.84 Å². The van der Waals surface area contributed by atoms with Crippen molar-refractivity contribution in [3.05, 3.63) is 23.6 Å². The van der Waals surface area contributed by atoms with Crippen molar-refractivity contribution in [3.63, 3.8) is 0 Å². The minimum atomic E-state index is -0.737. The molecule has 1 rings (SSSR count). The van der Waals surface area contributed by atoms with Crippen molar-refractivity contribution in [2.45, 2.75) is 39.7 Å². The van der Waals surface area contributed by atoms with Crippen LogP contribution in [0.1, 0.15) is 44.0 Å². The number of hydrazine groups is 1. The number of amides is 1. The van der Waals surface area contributed by atoms with E-state index in [9.17, 15) is 9.18 Å².